The predicted molar refractivity (Wildman–Crippen MR) is 62.7 cm³/mol. The standard InChI is InChI=1S/C12H10FN3O2/c13-9-3-1-8(2-4-9)7-15-12-14-6-5-10(16-12)11(17)18/h1-6H,7H2,(H,17,18)(H,14,15,16). The van der Waals surface area contributed by atoms with Crippen molar-refractivity contribution >= 4 is 11.9 Å². The molecule has 0 saturated carbocycles. The van der Waals surface area contributed by atoms with Crippen LogP contribution in [0.5, 0.6) is 0 Å². The van der Waals surface area contributed by atoms with E-state index in [0.29, 0.717) is 6.54 Å². The van der Waals surface area contributed by atoms with Crippen LogP contribution >= 0.6 is 0 Å². The van der Waals surface area contributed by atoms with Crippen molar-refractivity contribution in [3.8, 4) is 0 Å². The molecule has 1 aromatic heterocycles. The van der Waals surface area contributed by atoms with Gasteiger partial charge in [-0.3, -0.25) is 0 Å². The highest BCUT2D eigenvalue weighted by Gasteiger charge is 2.05. The van der Waals surface area contributed by atoms with Gasteiger partial charge in [0.05, 0.1) is 0 Å². The minimum atomic E-state index is -1.11. The maximum absolute atomic E-state index is 12.7. The predicted octanol–water partition coefficient (Wildman–Crippen LogP) is 1.93. The third-order valence-corrected chi connectivity index (χ3v) is 2.24. The van der Waals surface area contributed by atoms with Gasteiger partial charge in [-0.1, -0.05) is 12.1 Å². The number of hydrogen-bond donors (Lipinski definition) is 2. The lowest BCUT2D eigenvalue weighted by atomic mass is 10.2. The summed E-state index contributed by atoms with van der Waals surface area (Å²) >= 11 is 0. The average molecular weight is 247 g/mol. The summed E-state index contributed by atoms with van der Waals surface area (Å²) in [5, 5.41) is 11.6. The molecule has 0 amide bonds. The monoisotopic (exact) mass is 247 g/mol. The molecule has 0 bridgehead atoms. The Morgan fingerprint density at radius 1 is 1.28 bits per heavy atom. The number of aromatic nitrogens is 2. The summed E-state index contributed by atoms with van der Waals surface area (Å²) < 4.78 is 12.7. The zero-order valence-corrected chi connectivity index (χ0v) is 9.30. The lowest BCUT2D eigenvalue weighted by molar-refractivity contribution is 0.0690. The molecule has 1 aromatic carbocycles. The van der Waals surface area contributed by atoms with E-state index < -0.39 is 5.97 Å². The summed E-state index contributed by atoms with van der Waals surface area (Å²) in [5.74, 6) is -1.19. The Balaban J connectivity index is 2.04. The summed E-state index contributed by atoms with van der Waals surface area (Å²) in [5.41, 5.74) is 0.771. The van der Waals surface area contributed by atoms with Crippen LogP contribution in [0.25, 0.3) is 0 Å². The molecule has 18 heavy (non-hydrogen) atoms. The molecule has 0 atom stereocenters. The van der Waals surface area contributed by atoms with Crippen LogP contribution in [-0.2, 0) is 6.54 Å². The molecular formula is C12H10FN3O2. The second-order valence-corrected chi connectivity index (χ2v) is 3.55. The number of benzene rings is 1. The van der Waals surface area contributed by atoms with Crippen molar-refractivity contribution in [2.75, 3.05) is 5.32 Å². The van der Waals surface area contributed by atoms with Crippen LogP contribution in [0, 0.1) is 5.82 Å². The number of nitrogens with zero attached hydrogens (tertiary/aromatic N) is 2. The Hall–Kier alpha value is -2.50. The van der Waals surface area contributed by atoms with Crippen LogP contribution in [-0.4, -0.2) is 21.0 Å². The van der Waals surface area contributed by atoms with E-state index in [1.54, 1.807) is 12.1 Å². The van der Waals surface area contributed by atoms with Gasteiger partial charge in [-0.25, -0.2) is 19.2 Å². The van der Waals surface area contributed by atoms with Gasteiger partial charge in [0.1, 0.15) is 5.82 Å². The SMILES string of the molecule is O=C(O)c1ccnc(NCc2ccc(F)cc2)n1. The topological polar surface area (TPSA) is 75.1 Å². The lowest BCUT2D eigenvalue weighted by Gasteiger charge is -2.05. The van der Waals surface area contributed by atoms with E-state index in [1.165, 1.54) is 24.4 Å². The van der Waals surface area contributed by atoms with Crippen molar-refractivity contribution in [3.63, 3.8) is 0 Å². The number of carboxylic acids is 1. The first-order valence-corrected chi connectivity index (χ1v) is 5.20. The molecule has 0 radical (unpaired) electrons. The number of nitrogens with one attached hydrogen (secondary N) is 1. The van der Waals surface area contributed by atoms with Crippen LogP contribution in [0.4, 0.5) is 10.3 Å². The Labute approximate surface area is 102 Å². The average Bonchev–Trinajstić information content (AvgIpc) is 2.38. The Morgan fingerprint density at radius 3 is 2.67 bits per heavy atom. The van der Waals surface area contributed by atoms with E-state index in [9.17, 15) is 9.18 Å². The molecule has 2 aromatic rings. The largest absolute Gasteiger partial charge is 0.477 e. The highest BCUT2D eigenvalue weighted by Crippen LogP contribution is 2.06. The molecule has 5 nitrogen and oxygen atoms in total. The Morgan fingerprint density at radius 2 is 2.00 bits per heavy atom. The van der Waals surface area contributed by atoms with Crippen LogP contribution in [0.3, 0.4) is 0 Å². The van der Waals surface area contributed by atoms with Gasteiger partial charge in [-0.15, -0.1) is 0 Å². The molecular weight excluding hydrogens is 237 g/mol. The molecule has 0 saturated heterocycles. The smallest absolute Gasteiger partial charge is 0.354 e. The molecule has 6 heteroatoms. The summed E-state index contributed by atoms with van der Waals surface area (Å²) in [6, 6.07) is 7.27. The second kappa shape index (κ2) is 5.22. The molecule has 92 valence electrons. The lowest BCUT2D eigenvalue weighted by Crippen LogP contribution is -2.07. The first-order chi connectivity index (χ1) is 8.65. The molecule has 2 rings (SSSR count). The quantitative estimate of drug-likeness (QED) is 0.863. The highest BCUT2D eigenvalue weighted by atomic mass is 19.1. The summed E-state index contributed by atoms with van der Waals surface area (Å²) in [4.78, 5) is 18.4. The van der Waals surface area contributed by atoms with E-state index in [4.69, 9.17) is 5.11 Å². The van der Waals surface area contributed by atoms with E-state index in [2.05, 4.69) is 15.3 Å². The van der Waals surface area contributed by atoms with Gasteiger partial charge in [-0.2, -0.15) is 0 Å². The molecule has 0 aliphatic heterocycles. The van der Waals surface area contributed by atoms with E-state index in [0.717, 1.165) is 5.56 Å². The van der Waals surface area contributed by atoms with Crippen molar-refractivity contribution in [2.45, 2.75) is 6.54 Å². The van der Waals surface area contributed by atoms with Gasteiger partial charge in [0.15, 0.2) is 5.69 Å². The molecule has 0 unspecified atom stereocenters. The normalized spacial score (nSPS) is 10.1. The van der Waals surface area contributed by atoms with E-state index in [-0.39, 0.29) is 17.5 Å². The first-order valence-electron chi connectivity index (χ1n) is 5.20. The maximum Gasteiger partial charge on any atom is 0.354 e. The van der Waals surface area contributed by atoms with Gasteiger partial charge in [0.2, 0.25) is 5.95 Å². The number of anilines is 1. The number of carboxylic acid groups (broad SMARTS) is 1. The number of hydrogen-bond acceptors (Lipinski definition) is 4. The van der Waals surface area contributed by atoms with Crippen LogP contribution in [0.2, 0.25) is 0 Å². The molecule has 1 heterocycles. The third-order valence-electron chi connectivity index (χ3n) is 2.24. The minimum absolute atomic E-state index is 0.0772. The fraction of sp³-hybridized carbons (Fsp3) is 0.0833. The van der Waals surface area contributed by atoms with Gasteiger partial charge in [0, 0.05) is 12.7 Å². The van der Waals surface area contributed by atoms with Gasteiger partial charge >= 0.3 is 5.97 Å². The highest BCUT2D eigenvalue weighted by molar-refractivity contribution is 5.85. The van der Waals surface area contributed by atoms with Crippen molar-refractivity contribution in [2.24, 2.45) is 0 Å². The zero-order chi connectivity index (χ0) is 13.0. The van der Waals surface area contributed by atoms with Gasteiger partial charge < -0.3 is 10.4 Å². The van der Waals surface area contributed by atoms with Crippen LogP contribution in [0.1, 0.15) is 16.1 Å². The van der Waals surface area contributed by atoms with Crippen LogP contribution in [0.15, 0.2) is 36.5 Å². The summed E-state index contributed by atoms with van der Waals surface area (Å²) in [6.07, 6.45) is 1.36. The van der Waals surface area contributed by atoms with E-state index >= 15 is 0 Å². The van der Waals surface area contributed by atoms with Crippen molar-refractivity contribution in [1.29, 1.82) is 0 Å². The summed E-state index contributed by atoms with van der Waals surface area (Å²) in [7, 11) is 0. The van der Waals surface area contributed by atoms with Crippen molar-refractivity contribution in [3.05, 3.63) is 53.6 Å². The second-order valence-electron chi connectivity index (χ2n) is 3.55. The maximum atomic E-state index is 12.7. The number of carbonyl (C=O) groups is 1. The summed E-state index contributed by atoms with van der Waals surface area (Å²) in [6.45, 7) is 0.392. The van der Waals surface area contributed by atoms with Crippen LogP contribution < -0.4 is 5.32 Å². The molecule has 0 aliphatic rings. The van der Waals surface area contributed by atoms with Crippen molar-refractivity contribution in [1.82, 2.24) is 9.97 Å². The van der Waals surface area contributed by atoms with E-state index in [1.807, 2.05) is 0 Å². The zero-order valence-electron chi connectivity index (χ0n) is 9.30. The minimum Gasteiger partial charge on any atom is -0.477 e. The molecule has 0 fully saturated rings. The fourth-order valence-corrected chi connectivity index (χ4v) is 1.35. The van der Waals surface area contributed by atoms with Gasteiger partial charge in [0.25, 0.3) is 0 Å². The molecule has 2 N–H and O–H groups in total. The number of rotatable bonds is 4. The number of halogens is 1. The first kappa shape index (κ1) is 12.0. The Bertz CT molecular complexity index is 558. The number of aromatic carboxylic acids is 1. The Kier molecular flexibility index (Phi) is 3.47. The van der Waals surface area contributed by atoms with Gasteiger partial charge in [-0.05, 0) is 23.8 Å². The third kappa shape index (κ3) is 3.00. The molecule has 0 spiro atoms. The fourth-order valence-electron chi connectivity index (χ4n) is 1.35. The van der Waals surface area contributed by atoms with Crippen molar-refractivity contribution < 1.29 is 14.3 Å². The molecule has 0 aliphatic carbocycles.